The van der Waals surface area contributed by atoms with Crippen molar-refractivity contribution < 1.29 is 17.9 Å². The molecule has 1 aliphatic rings. The summed E-state index contributed by atoms with van der Waals surface area (Å²) < 4.78 is 30.9. The summed E-state index contributed by atoms with van der Waals surface area (Å²) in [4.78, 5) is 13.7. The maximum Gasteiger partial charge on any atom is 0.253 e. The minimum atomic E-state index is -3.26. The number of nitrogens with one attached hydrogen (secondary N) is 1. The van der Waals surface area contributed by atoms with E-state index in [0.29, 0.717) is 12.5 Å². The second-order valence-corrected chi connectivity index (χ2v) is 8.03. The Hall–Kier alpha value is -1.44. The lowest BCUT2D eigenvalue weighted by molar-refractivity contribution is -0.129. The van der Waals surface area contributed by atoms with Crippen LogP contribution in [0.3, 0.4) is 0 Å². The van der Waals surface area contributed by atoms with Gasteiger partial charge in [0.05, 0.1) is 18.4 Å². The Morgan fingerprint density at radius 3 is 2.52 bits per heavy atom. The molecule has 0 radical (unpaired) electrons. The summed E-state index contributed by atoms with van der Waals surface area (Å²) >= 11 is 0. The third kappa shape index (κ3) is 4.76. The summed E-state index contributed by atoms with van der Waals surface area (Å²) in [6.07, 6.45) is -0.348. The van der Waals surface area contributed by atoms with E-state index < -0.39 is 10.0 Å². The zero-order valence-electron chi connectivity index (χ0n) is 13.8. The third-order valence-electron chi connectivity index (χ3n) is 3.91. The van der Waals surface area contributed by atoms with Crippen molar-refractivity contribution in [3.8, 4) is 0 Å². The first-order chi connectivity index (χ1) is 10.8. The van der Waals surface area contributed by atoms with Gasteiger partial charge in [-0.05, 0) is 30.5 Å². The van der Waals surface area contributed by atoms with Crippen LogP contribution in [0.5, 0.6) is 0 Å². The monoisotopic (exact) mass is 340 g/mol. The van der Waals surface area contributed by atoms with Gasteiger partial charge in [-0.2, -0.15) is 0 Å². The first-order valence-electron chi connectivity index (χ1n) is 7.81. The van der Waals surface area contributed by atoms with E-state index in [4.69, 9.17) is 4.74 Å². The van der Waals surface area contributed by atoms with E-state index in [1.165, 1.54) is 5.56 Å². The number of hydrogen-bond donors (Lipinski definition) is 1. The number of carbonyl (C=O) groups is 1. The van der Waals surface area contributed by atoms with Crippen molar-refractivity contribution in [2.45, 2.75) is 32.8 Å². The Morgan fingerprint density at radius 2 is 1.96 bits per heavy atom. The molecule has 1 saturated heterocycles. The highest BCUT2D eigenvalue weighted by Gasteiger charge is 2.28. The van der Waals surface area contributed by atoms with E-state index >= 15 is 0 Å². The van der Waals surface area contributed by atoms with Crippen LogP contribution in [0.1, 0.15) is 32.3 Å². The molecule has 1 aromatic rings. The molecule has 1 atom stereocenters. The molecular formula is C16H24N2O4S. The number of morpholine rings is 1. The molecule has 1 aromatic carbocycles. The van der Waals surface area contributed by atoms with Gasteiger partial charge in [-0.3, -0.25) is 4.79 Å². The van der Waals surface area contributed by atoms with Crippen LogP contribution < -0.4 is 9.62 Å². The Kier molecular flexibility index (Phi) is 5.78. The second kappa shape index (κ2) is 7.42. The summed E-state index contributed by atoms with van der Waals surface area (Å²) in [5, 5.41) is 0. The molecule has 2 rings (SSSR count). The predicted molar refractivity (Wildman–Crippen MR) is 90.1 cm³/mol. The van der Waals surface area contributed by atoms with Gasteiger partial charge in [0.2, 0.25) is 10.0 Å². The van der Waals surface area contributed by atoms with Crippen molar-refractivity contribution in [2.24, 2.45) is 0 Å². The number of carbonyl (C=O) groups excluding carboxylic acids is 1. The zero-order chi connectivity index (χ0) is 17.0. The molecule has 1 fully saturated rings. The smallest absolute Gasteiger partial charge is 0.253 e. The van der Waals surface area contributed by atoms with Gasteiger partial charge in [0.15, 0.2) is 0 Å². The molecule has 1 unspecified atom stereocenters. The number of amides is 1. The molecule has 128 valence electrons. The summed E-state index contributed by atoms with van der Waals surface area (Å²) in [6.45, 7) is 6.28. The molecule has 23 heavy (non-hydrogen) atoms. The predicted octanol–water partition coefficient (Wildman–Crippen LogP) is 1.48. The number of rotatable bonds is 6. The minimum absolute atomic E-state index is 0.0268. The highest BCUT2D eigenvalue weighted by Crippen LogP contribution is 2.22. The van der Waals surface area contributed by atoms with Crippen molar-refractivity contribution in [2.75, 3.05) is 30.3 Å². The summed E-state index contributed by atoms with van der Waals surface area (Å²) in [6, 6.07) is 7.87. The van der Waals surface area contributed by atoms with Crippen LogP contribution in [0.15, 0.2) is 24.3 Å². The Balaban J connectivity index is 2.04. The molecule has 7 heteroatoms. The largest absolute Gasteiger partial charge is 0.365 e. The van der Waals surface area contributed by atoms with Crippen LogP contribution in [0.2, 0.25) is 0 Å². The molecule has 0 spiro atoms. The van der Waals surface area contributed by atoms with Gasteiger partial charge in [-0.25, -0.2) is 13.1 Å². The second-order valence-electron chi connectivity index (χ2n) is 5.94. The van der Waals surface area contributed by atoms with Gasteiger partial charge < -0.3 is 9.64 Å². The van der Waals surface area contributed by atoms with Gasteiger partial charge in [-0.1, -0.05) is 26.0 Å². The Morgan fingerprint density at radius 1 is 1.30 bits per heavy atom. The normalized spacial score (nSPS) is 19.4. The van der Waals surface area contributed by atoms with Crippen molar-refractivity contribution in [3.05, 3.63) is 29.8 Å². The van der Waals surface area contributed by atoms with Crippen LogP contribution in [-0.4, -0.2) is 45.9 Å². The lowest BCUT2D eigenvalue weighted by atomic mass is 10.0. The fourth-order valence-electron chi connectivity index (χ4n) is 2.36. The maximum atomic E-state index is 12.1. The first-order valence-corrected chi connectivity index (χ1v) is 9.47. The molecule has 1 amide bonds. The number of anilines is 1. The van der Waals surface area contributed by atoms with Gasteiger partial charge in [0.25, 0.3) is 5.91 Å². The summed E-state index contributed by atoms with van der Waals surface area (Å²) in [5.41, 5.74) is 2.02. The van der Waals surface area contributed by atoms with Gasteiger partial charge in [0, 0.05) is 12.2 Å². The van der Waals surface area contributed by atoms with E-state index in [1.54, 1.807) is 11.8 Å². The lowest BCUT2D eigenvalue weighted by Crippen LogP contribution is -2.50. The van der Waals surface area contributed by atoms with E-state index in [1.807, 2.05) is 24.3 Å². The van der Waals surface area contributed by atoms with Crippen molar-refractivity contribution in [3.63, 3.8) is 0 Å². The quantitative estimate of drug-likeness (QED) is 0.851. The third-order valence-corrected chi connectivity index (χ3v) is 5.28. The van der Waals surface area contributed by atoms with Crippen molar-refractivity contribution >= 4 is 21.6 Å². The standard InChI is InChI=1S/C16H24N2O4S/c1-4-23(20,21)17-9-15-10-18(16(19)11-22-15)14-7-5-13(6-8-14)12(2)3/h5-8,12,15,17H,4,9-11H2,1-3H3. The Labute approximate surface area is 137 Å². The molecule has 1 heterocycles. The zero-order valence-corrected chi connectivity index (χ0v) is 14.6. The number of ether oxygens (including phenoxy) is 1. The highest BCUT2D eigenvalue weighted by molar-refractivity contribution is 7.89. The van der Waals surface area contributed by atoms with Crippen molar-refractivity contribution in [1.29, 1.82) is 0 Å². The maximum absolute atomic E-state index is 12.1. The van der Waals surface area contributed by atoms with Crippen LogP contribution in [0.25, 0.3) is 0 Å². The van der Waals surface area contributed by atoms with Crippen LogP contribution in [0.4, 0.5) is 5.69 Å². The fourth-order valence-corrected chi connectivity index (χ4v) is 3.00. The average molecular weight is 340 g/mol. The summed E-state index contributed by atoms with van der Waals surface area (Å²) in [7, 11) is -3.26. The van der Waals surface area contributed by atoms with E-state index in [2.05, 4.69) is 18.6 Å². The fraction of sp³-hybridized carbons (Fsp3) is 0.562. The topological polar surface area (TPSA) is 75.7 Å². The number of sulfonamides is 1. The lowest BCUT2D eigenvalue weighted by Gasteiger charge is -2.33. The molecular weight excluding hydrogens is 316 g/mol. The van der Waals surface area contributed by atoms with E-state index in [9.17, 15) is 13.2 Å². The van der Waals surface area contributed by atoms with E-state index in [0.717, 1.165) is 5.69 Å². The summed E-state index contributed by atoms with van der Waals surface area (Å²) in [5.74, 6) is 0.344. The number of hydrogen-bond acceptors (Lipinski definition) is 4. The van der Waals surface area contributed by atoms with Crippen LogP contribution in [-0.2, 0) is 19.6 Å². The number of benzene rings is 1. The molecule has 0 aromatic heterocycles. The highest BCUT2D eigenvalue weighted by atomic mass is 32.2. The SMILES string of the molecule is CCS(=O)(=O)NCC1CN(c2ccc(C(C)C)cc2)C(=O)CO1. The molecule has 0 aliphatic carbocycles. The first kappa shape index (κ1) is 17.9. The Bertz CT molecular complexity index is 641. The molecule has 0 saturated carbocycles. The average Bonchev–Trinajstić information content (AvgIpc) is 2.54. The van der Waals surface area contributed by atoms with Crippen LogP contribution >= 0.6 is 0 Å². The van der Waals surface area contributed by atoms with Crippen LogP contribution in [0, 0.1) is 0 Å². The molecule has 6 nitrogen and oxygen atoms in total. The van der Waals surface area contributed by atoms with Gasteiger partial charge in [-0.15, -0.1) is 0 Å². The molecule has 1 N–H and O–H groups in total. The van der Waals surface area contributed by atoms with Gasteiger partial charge in [0.1, 0.15) is 6.61 Å². The van der Waals surface area contributed by atoms with Crippen molar-refractivity contribution in [1.82, 2.24) is 4.72 Å². The van der Waals surface area contributed by atoms with Gasteiger partial charge >= 0.3 is 0 Å². The number of nitrogens with zero attached hydrogens (tertiary/aromatic N) is 1. The molecule has 1 aliphatic heterocycles. The van der Waals surface area contributed by atoms with E-state index in [-0.39, 0.29) is 30.9 Å². The minimum Gasteiger partial charge on any atom is -0.365 e. The molecule has 0 bridgehead atoms.